The summed E-state index contributed by atoms with van der Waals surface area (Å²) < 4.78 is 23.3. The zero-order chi connectivity index (χ0) is 18.9. The average Bonchev–Trinajstić information content (AvgIpc) is 2.98. The van der Waals surface area contributed by atoms with Gasteiger partial charge in [0.05, 0.1) is 11.5 Å². The quantitative estimate of drug-likeness (QED) is 0.880. The van der Waals surface area contributed by atoms with Gasteiger partial charge in [-0.25, -0.2) is 8.42 Å². The third-order valence-electron chi connectivity index (χ3n) is 4.85. The first-order valence-corrected chi connectivity index (χ1v) is 10.2. The number of nitrogens with zero attached hydrogens (tertiary/aromatic N) is 3. The van der Waals surface area contributed by atoms with Gasteiger partial charge in [0.1, 0.15) is 0 Å². The molecule has 2 heterocycles. The van der Waals surface area contributed by atoms with Crippen LogP contribution in [0.1, 0.15) is 28.0 Å². The Morgan fingerprint density at radius 2 is 1.96 bits per heavy atom. The summed E-state index contributed by atoms with van der Waals surface area (Å²) in [6.45, 7) is 3.93. The Balaban J connectivity index is 1.71. The van der Waals surface area contributed by atoms with Crippen molar-refractivity contribution in [3.05, 3.63) is 47.2 Å². The first kappa shape index (κ1) is 18.3. The van der Waals surface area contributed by atoms with E-state index in [1.807, 2.05) is 36.9 Å². The normalized spacial score (nSPS) is 18.5. The number of sulfone groups is 1. The van der Waals surface area contributed by atoms with Gasteiger partial charge in [-0.15, -0.1) is 10.2 Å². The summed E-state index contributed by atoms with van der Waals surface area (Å²) >= 11 is 0. The predicted molar refractivity (Wildman–Crippen MR) is 101 cm³/mol. The Hall–Kier alpha value is -2.48. The van der Waals surface area contributed by atoms with Crippen LogP contribution in [0.5, 0.6) is 0 Å². The molecule has 1 aliphatic rings. The van der Waals surface area contributed by atoms with Crippen molar-refractivity contribution in [3.8, 4) is 0 Å². The van der Waals surface area contributed by atoms with E-state index in [1.165, 1.54) is 0 Å². The van der Waals surface area contributed by atoms with Gasteiger partial charge in [-0.2, -0.15) is 0 Å². The maximum atomic E-state index is 12.4. The molecule has 1 aliphatic heterocycles. The standard InChI is InChI=1S/C18H22N4O3S/c1-12-5-4-6-15(13(12)2)19-18(23)16-7-8-17(21-20-16)22(3)14-9-10-26(24,25)11-14/h4-8,14H,9-11H2,1-3H3,(H,19,23). The van der Waals surface area contributed by atoms with Crippen LogP contribution in [0.4, 0.5) is 11.5 Å². The predicted octanol–water partition coefficient (Wildman–Crippen LogP) is 1.97. The van der Waals surface area contributed by atoms with Crippen molar-refractivity contribution in [3.63, 3.8) is 0 Å². The fraction of sp³-hybridized carbons (Fsp3) is 0.389. The molecule has 0 bridgehead atoms. The number of amides is 1. The van der Waals surface area contributed by atoms with E-state index in [0.29, 0.717) is 12.2 Å². The smallest absolute Gasteiger partial charge is 0.276 e. The molecule has 26 heavy (non-hydrogen) atoms. The van der Waals surface area contributed by atoms with Crippen LogP contribution in [0.3, 0.4) is 0 Å². The highest BCUT2D eigenvalue weighted by Gasteiger charge is 2.31. The van der Waals surface area contributed by atoms with Crippen LogP contribution in [0.15, 0.2) is 30.3 Å². The number of aryl methyl sites for hydroxylation is 1. The third-order valence-corrected chi connectivity index (χ3v) is 6.60. The van der Waals surface area contributed by atoms with Gasteiger partial charge in [0.15, 0.2) is 21.3 Å². The molecule has 7 nitrogen and oxygen atoms in total. The lowest BCUT2D eigenvalue weighted by atomic mass is 10.1. The summed E-state index contributed by atoms with van der Waals surface area (Å²) in [5, 5.41) is 10.9. The van der Waals surface area contributed by atoms with Crippen LogP contribution in [0, 0.1) is 13.8 Å². The van der Waals surface area contributed by atoms with E-state index in [0.717, 1.165) is 16.8 Å². The summed E-state index contributed by atoms with van der Waals surface area (Å²) in [5.41, 5.74) is 3.06. The van der Waals surface area contributed by atoms with Gasteiger partial charge in [-0.1, -0.05) is 12.1 Å². The van der Waals surface area contributed by atoms with Gasteiger partial charge in [-0.05, 0) is 49.6 Å². The van der Waals surface area contributed by atoms with Crippen LogP contribution >= 0.6 is 0 Å². The topological polar surface area (TPSA) is 92.3 Å². The first-order valence-electron chi connectivity index (χ1n) is 8.41. The Kier molecular flexibility index (Phi) is 4.95. The molecule has 2 aromatic rings. The largest absolute Gasteiger partial charge is 0.354 e. The highest BCUT2D eigenvalue weighted by Crippen LogP contribution is 2.22. The Morgan fingerprint density at radius 1 is 1.19 bits per heavy atom. The molecule has 0 radical (unpaired) electrons. The minimum Gasteiger partial charge on any atom is -0.354 e. The number of aromatic nitrogens is 2. The number of carbonyl (C=O) groups is 1. The molecule has 8 heteroatoms. The van der Waals surface area contributed by atoms with Crippen LogP contribution < -0.4 is 10.2 Å². The van der Waals surface area contributed by atoms with E-state index >= 15 is 0 Å². The van der Waals surface area contributed by atoms with Crippen molar-refractivity contribution in [2.45, 2.75) is 26.3 Å². The lowest BCUT2D eigenvalue weighted by Gasteiger charge is -2.23. The zero-order valence-electron chi connectivity index (χ0n) is 15.1. The maximum Gasteiger partial charge on any atom is 0.276 e. The molecule has 1 amide bonds. The number of anilines is 2. The first-order chi connectivity index (χ1) is 12.3. The van der Waals surface area contributed by atoms with E-state index in [2.05, 4.69) is 15.5 Å². The van der Waals surface area contributed by atoms with Crippen molar-refractivity contribution < 1.29 is 13.2 Å². The summed E-state index contributed by atoms with van der Waals surface area (Å²) in [4.78, 5) is 14.2. The molecule has 0 spiro atoms. The minimum atomic E-state index is -2.97. The fourth-order valence-corrected chi connectivity index (χ4v) is 4.75. The Morgan fingerprint density at radius 3 is 2.58 bits per heavy atom. The highest BCUT2D eigenvalue weighted by molar-refractivity contribution is 7.91. The molecule has 1 atom stereocenters. The van der Waals surface area contributed by atoms with E-state index < -0.39 is 9.84 Å². The molecule has 0 saturated carbocycles. The molecular formula is C18H22N4O3S. The van der Waals surface area contributed by atoms with Gasteiger partial charge in [0.25, 0.3) is 5.91 Å². The highest BCUT2D eigenvalue weighted by atomic mass is 32.2. The monoisotopic (exact) mass is 374 g/mol. The average molecular weight is 374 g/mol. The number of benzene rings is 1. The lowest BCUT2D eigenvalue weighted by Crippen LogP contribution is -2.33. The Bertz CT molecular complexity index is 926. The number of rotatable bonds is 4. The molecule has 0 aliphatic carbocycles. The van der Waals surface area contributed by atoms with Crippen molar-refractivity contribution in [1.29, 1.82) is 0 Å². The summed E-state index contributed by atoms with van der Waals surface area (Å²) in [6, 6.07) is 8.90. The van der Waals surface area contributed by atoms with Crippen molar-refractivity contribution in [2.24, 2.45) is 0 Å². The minimum absolute atomic E-state index is 0.107. The zero-order valence-corrected chi connectivity index (χ0v) is 15.9. The van der Waals surface area contributed by atoms with Gasteiger partial charge >= 0.3 is 0 Å². The third kappa shape index (κ3) is 3.85. The van der Waals surface area contributed by atoms with E-state index in [-0.39, 0.29) is 29.1 Å². The summed E-state index contributed by atoms with van der Waals surface area (Å²) in [6.07, 6.45) is 0.579. The molecule has 1 saturated heterocycles. The van der Waals surface area contributed by atoms with Gasteiger partial charge in [0.2, 0.25) is 0 Å². The lowest BCUT2D eigenvalue weighted by molar-refractivity contribution is 0.102. The van der Waals surface area contributed by atoms with Crippen molar-refractivity contribution in [1.82, 2.24) is 10.2 Å². The molecule has 1 N–H and O–H groups in total. The van der Waals surface area contributed by atoms with Gasteiger partial charge in [0, 0.05) is 18.8 Å². The molecule has 1 aromatic heterocycles. The Labute approximate surface area is 153 Å². The molecule has 1 aromatic carbocycles. The van der Waals surface area contributed by atoms with Crippen LogP contribution in [-0.2, 0) is 9.84 Å². The fourth-order valence-electron chi connectivity index (χ4n) is 2.98. The van der Waals surface area contributed by atoms with Crippen LogP contribution in [0.2, 0.25) is 0 Å². The van der Waals surface area contributed by atoms with E-state index in [4.69, 9.17) is 0 Å². The van der Waals surface area contributed by atoms with Gasteiger partial charge in [-0.3, -0.25) is 4.79 Å². The maximum absolute atomic E-state index is 12.4. The number of hydrogen-bond donors (Lipinski definition) is 1. The van der Waals surface area contributed by atoms with E-state index in [9.17, 15) is 13.2 Å². The van der Waals surface area contributed by atoms with E-state index in [1.54, 1.807) is 19.2 Å². The molecule has 138 valence electrons. The second-order valence-electron chi connectivity index (χ2n) is 6.65. The molecule has 1 unspecified atom stereocenters. The summed E-state index contributed by atoms with van der Waals surface area (Å²) in [7, 11) is -1.17. The van der Waals surface area contributed by atoms with Crippen molar-refractivity contribution in [2.75, 3.05) is 28.8 Å². The number of hydrogen-bond acceptors (Lipinski definition) is 6. The van der Waals surface area contributed by atoms with Crippen LogP contribution in [-0.4, -0.2) is 49.1 Å². The second kappa shape index (κ2) is 7.03. The molecule has 3 rings (SSSR count). The van der Waals surface area contributed by atoms with Gasteiger partial charge < -0.3 is 10.2 Å². The van der Waals surface area contributed by atoms with Crippen LogP contribution in [0.25, 0.3) is 0 Å². The summed E-state index contributed by atoms with van der Waals surface area (Å²) in [5.74, 6) is 0.547. The number of nitrogens with one attached hydrogen (secondary N) is 1. The molecular weight excluding hydrogens is 352 g/mol. The number of carbonyl (C=O) groups excluding carboxylic acids is 1. The molecule has 1 fully saturated rings. The van der Waals surface area contributed by atoms with Crippen molar-refractivity contribution >= 4 is 27.2 Å². The second-order valence-corrected chi connectivity index (χ2v) is 8.87. The SMILES string of the molecule is Cc1cccc(NC(=O)c2ccc(N(C)C3CCS(=O)(=O)C3)nn2)c1C.